The van der Waals surface area contributed by atoms with Crippen LogP contribution in [0, 0.1) is 5.92 Å². The molecule has 0 saturated heterocycles. The molecule has 0 aromatic heterocycles. The summed E-state index contributed by atoms with van der Waals surface area (Å²) in [6.07, 6.45) is 0.827. The predicted molar refractivity (Wildman–Crippen MR) is 74.1 cm³/mol. The molecular weight excluding hydrogens is 228 g/mol. The quantitative estimate of drug-likeness (QED) is 0.838. The van der Waals surface area contributed by atoms with Gasteiger partial charge >= 0.3 is 0 Å². The molecule has 1 aromatic carbocycles. The molecule has 0 fully saturated rings. The first kappa shape index (κ1) is 14.5. The van der Waals surface area contributed by atoms with Gasteiger partial charge in [0.1, 0.15) is 5.75 Å². The van der Waals surface area contributed by atoms with Gasteiger partial charge in [-0.25, -0.2) is 0 Å². The highest BCUT2D eigenvalue weighted by molar-refractivity contribution is 5.94. The minimum Gasteiger partial charge on any atom is -0.497 e. The van der Waals surface area contributed by atoms with Crippen molar-refractivity contribution in [3.8, 4) is 5.75 Å². The molecule has 1 amide bonds. The van der Waals surface area contributed by atoms with Gasteiger partial charge in [-0.05, 0) is 25.6 Å². The van der Waals surface area contributed by atoms with Gasteiger partial charge < -0.3 is 15.0 Å². The minimum atomic E-state index is 0.00574. The summed E-state index contributed by atoms with van der Waals surface area (Å²) in [4.78, 5) is 14.0. The first-order chi connectivity index (χ1) is 8.63. The Balaban J connectivity index is 2.84. The molecule has 0 aliphatic carbocycles. The van der Waals surface area contributed by atoms with Gasteiger partial charge in [-0.1, -0.05) is 13.0 Å². The van der Waals surface area contributed by atoms with Crippen LogP contribution in [0.15, 0.2) is 24.3 Å². The predicted octanol–water partition coefficient (Wildman–Crippen LogP) is 1.90. The number of hydrogen-bond acceptors (Lipinski definition) is 3. The molecule has 1 rings (SSSR count). The van der Waals surface area contributed by atoms with Crippen molar-refractivity contribution in [3.05, 3.63) is 24.3 Å². The molecule has 1 unspecified atom stereocenters. The third kappa shape index (κ3) is 3.47. The van der Waals surface area contributed by atoms with E-state index in [4.69, 9.17) is 4.74 Å². The minimum absolute atomic E-state index is 0.00574. The second-order valence-corrected chi connectivity index (χ2v) is 4.26. The number of ether oxygens (including phenoxy) is 1. The molecule has 0 aliphatic heterocycles. The molecule has 1 N–H and O–H groups in total. The fraction of sp³-hybridized carbons (Fsp3) is 0.500. The highest BCUT2D eigenvalue weighted by Crippen LogP contribution is 2.21. The highest BCUT2D eigenvalue weighted by Gasteiger charge is 2.20. The average molecular weight is 250 g/mol. The summed E-state index contributed by atoms with van der Waals surface area (Å²) in [6, 6.07) is 7.53. The zero-order valence-electron chi connectivity index (χ0n) is 11.6. The standard InChI is InChI=1S/C14H22N2O2/c1-5-11(10-15-2)14(17)16(3)12-7-6-8-13(9-12)18-4/h6-9,11,15H,5,10H2,1-4H3. The number of nitrogens with one attached hydrogen (secondary N) is 1. The maximum Gasteiger partial charge on any atom is 0.231 e. The van der Waals surface area contributed by atoms with E-state index in [1.165, 1.54) is 0 Å². The Morgan fingerprint density at radius 2 is 2.22 bits per heavy atom. The number of methoxy groups -OCH3 is 1. The van der Waals surface area contributed by atoms with E-state index in [9.17, 15) is 4.79 Å². The van der Waals surface area contributed by atoms with E-state index >= 15 is 0 Å². The van der Waals surface area contributed by atoms with E-state index in [1.54, 1.807) is 19.1 Å². The molecule has 0 radical (unpaired) electrons. The summed E-state index contributed by atoms with van der Waals surface area (Å²) in [6.45, 7) is 2.73. The van der Waals surface area contributed by atoms with Gasteiger partial charge in [-0.3, -0.25) is 4.79 Å². The summed E-state index contributed by atoms with van der Waals surface area (Å²) in [7, 11) is 5.29. The van der Waals surface area contributed by atoms with Gasteiger partial charge in [-0.15, -0.1) is 0 Å². The van der Waals surface area contributed by atoms with Crippen LogP contribution in [-0.4, -0.2) is 33.7 Å². The van der Waals surface area contributed by atoms with Gasteiger partial charge in [-0.2, -0.15) is 0 Å². The van der Waals surface area contributed by atoms with Crippen molar-refractivity contribution >= 4 is 11.6 Å². The molecule has 0 aliphatic rings. The number of nitrogens with zero attached hydrogens (tertiary/aromatic N) is 1. The summed E-state index contributed by atoms with van der Waals surface area (Å²) in [5.41, 5.74) is 0.855. The number of anilines is 1. The van der Waals surface area contributed by atoms with Crippen molar-refractivity contribution in [2.75, 3.05) is 32.6 Å². The van der Waals surface area contributed by atoms with Crippen LogP contribution in [0.3, 0.4) is 0 Å². The second-order valence-electron chi connectivity index (χ2n) is 4.26. The lowest BCUT2D eigenvalue weighted by Gasteiger charge is -2.23. The molecule has 100 valence electrons. The van der Waals surface area contributed by atoms with Crippen LogP contribution in [0.25, 0.3) is 0 Å². The SMILES string of the molecule is CCC(CNC)C(=O)N(C)c1cccc(OC)c1. The van der Waals surface area contributed by atoms with Crippen molar-refractivity contribution in [3.63, 3.8) is 0 Å². The molecule has 4 heteroatoms. The molecule has 4 nitrogen and oxygen atoms in total. The second kappa shape index (κ2) is 7.01. The van der Waals surface area contributed by atoms with E-state index in [0.29, 0.717) is 6.54 Å². The summed E-state index contributed by atoms with van der Waals surface area (Å²) in [5.74, 6) is 0.889. The molecule has 1 atom stereocenters. The van der Waals surface area contributed by atoms with E-state index in [0.717, 1.165) is 17.9 Å². The summed E-state index contributed by atoms with van der Waals surface area (Å²) in [5, 5.41) is 3.06. The van der Waals surface area contributed by atoms with Crippen molar-refractivity contribution in [1.82, 2.24) is 5.32 Å². The molecule has 18 heavy (non-hydrogen) atoms. The molecular formula is C14H22N2O2. The van der Waals surface area contributed by atoms with Crippen LogP contribution in [-0.2, 0) is 4.79 Å². The zero-order valence-corrected chi connectivity index (χ0v) is 11.6. The van der Waals surface area contributed by atoms with E-state index < -0.39 is 0 Å². The lowest BCUT2D eigenvalue weighted by molar-refractivity contribution is -0.122. The Morgan fingerprint density at radius 3 is 2.78 bits per heavy atom. The Morgan fingerprint density at radius 1 is 1.50 bits per heavy atom. The number of hydrogen-bond donors (Lipinski definition) is 1. The lowest BCUT2D eigenvalue weighted by atomic mass is 10.0. The number of amides is 1. The van der Waals surface area contributed by atoms with Crippen molar-refractivity contribution in [1.29, 1.82) is 0 Å². The van der Waals surface area contributed by atoms with Crippen molar-refractivity contribution in [2.24, 2.45) is 5.92 Å². The number of carbonyl (C=O) groups excluding carboxylic acids is 1. The number of rotatable bonds is 6. The zero-order chi connectivity index (χ0) is 13.5. The van der Waals surface area contributed by atoms with Crippen LogP contribution in [0.4, 0.5) is 5.69 Å². The van der Waals surface area contributed by atoms with Gasteiger partial charge in [0.15, 0.2) is 0 Å². The molecule has 0 heterocycles. The van der Waals surface area contributed by atoms with Gasteiger partial charge in [0.25, 0.3) is 0 Å². The smallest absolute Gasteiger partial charge is 0.231 e. The molecule has 0 spiro atoms. The molecule has 0 saturated carbocycles. The molecule has 0 bridgehead atoms. The highest BCUT2D eigenvalue weighted by atomic mass is 16.5. The Bertz CT molecular complexity index is 393. The van der Waals surface area contributed by atoms with Gasteiger partial charge in [0, 0.05) is 25.3 Å². The van der Waals surface area contributed by atoms with E-state index in [1.807, 2.05) is 38.2 Å². The normalized spacial score (nSPS) is 12.0. The Labute approximate surface area is 109 Å². The summed E-state index contributed by atoms with van der Waals surface area (Å²) >= 11 is 0. The van der Waals surface area contributed by atoms with E-state index in [2.05, 4.69) is 5.32 Å². The van der Waals surface area contributed by atoms with E-state index in [-0.39, 0.29) is 11.8 Å². The van der Waals surface area contributed by atoms with Gasteiger partial charge in [0.2, 0.25) is 5.91 Å². The summed E-state index contributed by atoms with van der Waals surface area (Å²) < 4.78 is 5.17. The molecule has 1 aromatic rings. The van der Waals surface area contributed by atoms with Crippen LogP contribution >= 0.6 is 0 Å². The fourth-order valence-corrected chi connectivity index (χ4v) is 1.87. The first-order valence-corrected chi connectivity index (χ1v) is 6.20. The van der Waals surface area contributed by atoms with Gasteiger partial charge in [0.05, 0.1) is 13.0 Å². The Kier molecular flexibility index (Phi) is 5.65. The van der Waals surface area contributed by atoms with Crippen LogP contribution in [0.5, 0.6) is 5.75 Å². The van der Waals surface area contributed by atoms with Crippen LogP contribution < -0.4 is 15.0 Å². The van der Waals surface area contributed by atoms with Crippen molar-refractivity contribution < 1.29 is 9.53 Å². The van der Waals surface area contributed by atoms with Crippen LogP contribution in [0.2, 0.25) is 0 Å². The van der Waals surface area contributed by atoms with Crippen molar-refractivity contribution in [2.45, 2.75) is 13.3 Å². The lowest BCUT2D eigenvalue weighted by Crippen LogP contribution is -2.37. The number of carbonyl (C=O) groups is 1. The maximum absolute atomic E-state index is 12.3. The number of benzene rings is 1. The largest absolute Gasteiger partial charge is 0.497 e. The third-order valence-corrected chi connectivity index (χ3v) is 3.06. The maximum atomic E-state index is 12.3. The Hall–Kier alpha value is -1.55. The third-order valence-electron chi connectivity index (χ3n) is 3.06. The topological polar surface area (TPSA) is 41.6 Å². The average Bonchev–Trinajstić information content (AvgIpc) is 2.43. The fourth-order valence-electron chi connectivity index (χ4n) is 1.87. The first-order valence-electron chi connectivity index (χ1n) is 6.20. The van der Waals surface area contributed by atoms with Crippen LogP contribution in [0.1, 0.15) is 13.3 Å². The monoisotopic (exact) mass is 250 g/mol.